The predicted molar refractivity (Wildman–Crippen MR) is 110 cm³/mol. The number of aliphatic hydroxyl groups excluding tert-OH is 1. The van der Waals surface area contributed by atoms with Gasteiger partial charge in [-0.25, -0.2) is 0 Å². The monoisotopic (exact) mass is 421 g/mol. The van der Waals surface area contributed by atoms with Crippen LogP contribution in [-0.4, -0.2) is 34.3 Å². The van der Waals surface area contributed by atoms with Gasteiger partial charge in [0.25, 0.3) is 0 Å². The number of Topliss-reactive ketones (excluding diaryl/α,β-unsaturated/α-hetero) is 2. The third kappa shape index (κ3) is 4.48. The highest BCUT2D eigenvalue weighted by molar-refractivity contribution is 7.82. The minimum absolute atomic E-state index is 0.0248. The molecule has 7 heteroatoms. The number of carbonyl (C=O) groups excluding carboxylic acids is 2. The first-order chi connectivity index (χ1) is 14.0. The van der Waals surface area contributed by atoms with Crippen molar-refractivity contribution < 1.29 is 23.8 Å². The van der Waals surface area contributed by atoms with E-state index in [4.69, 9.17) is 21.8 Å². The van der Waals surface area contributed by atoms with Crippen LogP contribution in [0.25, 0.3) is 0 Å². The number of carbonyl (C=O) groups is 2. The van der Waals surface area contributed by atoms with Crippen LogP contribution in [0.1, 0.15) is 69.6 Å². The number of ether oxygens (including phenoxy) is 1. The molecule has 2 unspecified atom stereocenters. The molecule has 6 nitrogen and oxygen atoms in total. The lowest BCUT2D eigenvalue weighted by atomic mass is 9.71. The van der Waals surface area contributed by atoms with E-state index in [1.165, 1.54) is 18.9 Å². The van der Waals surface area contributed by atoms with Crippen molar-refractivity contribution in [2.45, 2.75) is 75.0 Å². The van der Waals surface area contributed by atoms with Gasteiger partial charge in [0, 0.05) is 11.5 Å². The first-order valence-electron chi connectivity index (χ1n) is 10.9. The molecule has 0 bridgehead atoms. The van der Waals surface area contributed by atoms with E-state index in [9.17, 15) is 14.7 Å². The molecule has 1 aromatic rings. The smallest absolute Gasteiger partial charge is 0.166 e. The van der Waals surface area contributed by atoms with Crippen LogP contribution in [0, 0.1) is 17.8 Å². The van der Waals surface area contributed by atoms with Gasteiger partial charge >= 0.3 is 0 Å². The van der Waals surface area contributed by atoms with Crippen molar-refractivity contribution in [2.75, 3.05) is 6.61 Å². The molecule has 1 aliphatic heterocycles. The molecule has 1 aromatic heterocycles. The van der Waals surface area contributed by atoms with Gasteiger partial charge in [-0.3, -0.25) is 14.9 Å². The largest absolute Gasteiger partial charge is 0.472 e. The van der Waals surface area contributed by atoms with Crippen molar-refractivity contribution in [1.29, 1.82) is 0 Å². The van der Waals surface area contributed by atoms with Gasteiger partial charge in [0.15, 0.2) is 11.6 Å². The van der Waals surface area contributed by atoms with Crippen LogP contribution in [0.4, 0.5) is 0 Å². The van der Waals surface area contributed by atoms with Crippen molar-refractivity contribution in [3.05, 3.63) is 24.2 Å². The van der Waals surface area contributed by atoms with Gasteiger partial charge in [-0.1, -0.05) is 38.5 Å². The van der Waals surface area contributed by atoms with Gasteiger partial charge in [-0.15, -0.1) is 12.6 Å². The molecule has 3 aliphatic rings. The maximum absolute atomic E-state index is 13.8. The number of ketones is 2. The number of fused-ring (bicyclic) bond motifs is 1. The molecular weight excluding hydrogens is 390 g/mol. The quantitative estimate of drug-likeness (QED) is 0.462. The van der Waals surface area contributed by atoms with Gasteiger partial charge in [-0.05, 0) is 31.2 Å². The first kappa shape index (κ1) is 21.1. The molecule has 4 rings (SSSR count). The summed E-state index contributed by atoms with van der Waals surface area (Å²) in [4.78, 5) is 25.1. The number of aliphatic hydroxyl groups is 1. The maximum atomic E-state index is 13.8. The lowest BCUT2D eigenvalue weighted by molar-refractivity contribution is -0.136. The van der Waals surface area contributed by atoms with Crippen molar-refractivity contribution in [1.82, 2.24) is 5.32 Å². The fourth-order valence-corrected chi connectivity index (χ4v) is 5.99. The van der Waals surface area contributed by atoms with E-state index < -0.39 is 17.0 Å². The average Bonchev–Trinajstić information content (AvgIpc) is 3.38. The second-order valence-electron chi connectivity index (χ2n) is 8.92. The predicted octanol–water partition coefficient (Wildman–Crippen LogP) is 3.41. The number of hydrogen-bond donors (Lipinski definition) is 3. The van der Waals surface area contributed by atoms with Crippen molar-refractivity contribution in [3.8, 4) is 0 Å². The van der Waals surface area contributed by atoms with E-state index in [2.05, 4.69) is 5.32 Å². The van der Waals surface area contributed by atoms with Crippen molar-refractivity contribution in [3.63, 3.8) is 0 Å². The number of thiol groups is 1. The highest BCUT2D eigenvalue weighted by Crippen LogP contribution is 2.42. The second kappa shape index (κ2) is 8.92. The van der Waals surface area contributed by atoms with E-state index in [0.717, 1.165) is 38.5 Å². The normalized spacial score (nSPS) is 31.2. The van der Waals surface area contributed by atoms with Crippen LogP contribution in [0.15, 0.2) is 23.0 Å². The average molecular weight is 422 g/mol. The van der Waals surface area contributed by atoms with Crippen LogP contribution in [0.2, 0.25) is 0 Å². The van der Waals surface area contributed by atoms with Crippen molar-refractivity contribution in [2.24, 2.45) is 17.8 Å². The minimum Gasteiger partial charge on any atom is -0.472 e. The zero-order valence-electron chi connectivity index (χ0n) is 16.7. The summed E-state index contributed by atoms with van der Waals surface area (Å²) in [5, 5.41) is 13.8. The molecule has 29 heavy (non-hydrogen) atoms. The zero-order valence-corrected chi connectivity index (χ0v) is 17.6. The topological polar surface area (TPSA) is 88.8 Å². The van der Waals surface area contributed by atoms with Crippen LogP contribution in [-0.2, 0) is 14.3 Å². The number of hydrogen-bond acceptors (Lipinski definition) is 7. The van der Waals surface area contributed by atoms with Gasteiger partial charge in [-0.2, -0.15) is 0 Å². The van der Waals surface area contributed by atoms with Crippen molar-refractivity contribution >= 4 is 24.2 Å². The van der Waals surface area contributed by atoms with Gasteiger partial charge in [0.05, 0.1) is 24.5 Å². The van der Waals surface area contributed by atoms with Crippen LogP contribution in [0.5, 0.6) is 0 Å². The minimum atomic E-state index is -1.20. The summed E-state index contributed by atoms with van der Waals surface area (Å²) >= 11 is 4.86. The van der Waals surface area contributed by atoms with E-state index in [1.807, 2.05) is 0 Å². The molecule has 0 spiro atoms. The Kier molecular flexibility index (Phi) is 6.49. The summed E-state index contributed by atoms with van der Waals surface area (Å²) in [5.41, 5.74) is 0.557. The lowest BCUT2D eigenvalue weighted by Gasteiger charge is -2.40. The lowest BCUT2D eigenvalue weighted by Crippen LogP contribution is -2.55. The number of rotatable bonds is 7. The molecule has 2 saturated carbocycles. The molecule has 3 fully saturated rings. The number of nitrogens with one attached hydrogen (secondary N) is 1. The highest BCUT2D eigenvalue weighted by Gasteiger charge is 2.51. The van der Waals surface area contributed by atoms with E-state index >= 15 is 0 Å². The summed E-state index contributed by atoms with van der Waals surface area (Å²) in [6.07, 6.45) is 10.3. The van der Waals surface area contributed by atoms with Gasteiger partial charge < -0.3 is 14.3 Å². The first-order valence-corrected chi connectivity index (χ1v) is 11.3. The van der Waals surface area contributed by atoms with Crippen LogP contribution >= 0.6 is 12.6 Å². The van der Waals surface area contributed by atoms with E-state index in [-0.39, 0.29) is 30.2 Å². The molecule has 0 amide bonds. The van der Waals surface area contributed by atoms with E-state index in [1.54, 1.807) is 6.07 Å². The third-order valence-corrected chi connectivity index (χ3v) is 7.47. The van der Waals surface area contributed by atoms with Crippen LogP contribution < -0.4 is 5.32 Å². The molecule has 5 atom stereocenters. The Morgan fingerprint density at radius 2 is 2.03 bits per heavy atom. The maximum Gasteiger partial charge on any atom is 0.166 e. The Bertz CT molecular complexity index is 717. The Morgan fingerprint density at radius 1 is 1.24 bits per heavy atom. The highest BCUT2D eigenvalue weighted by atomic mass is 32.1. The molecule has 2 aliphatic carbocycles. The summed E-state index contributed by atoms with van der Waals surface area (Å²) in [5.74, 6) is -0.459. The zero-order chi connectivity index (χ0) is 20.4. The van der Waals surface area contributed by atoms with E-state index in [0.29, 0.717) is 24.3 Å². The Labute approximate surface area is 177 Å². The molecule has 0 aromatic carbocycles. The molecule has 160 valence electrons. The summed E-state index contributed by atoms with van der Waals surface area (Å²) in [6.45, 7) is 0.104. The van der Waals surface area contributed by atoms with Crippen LogP contribution in [0.3, 0.4) is 0 Å². The second-order valence-corrected chi connectivity index (χ2v) is 9.68. The fraction of sp³-hybridized carbons (Fsp3) is 0.727. The SMILES string of the molecule is O=C1CO[C@@H]2CCCC(C(=O)[C@@](S)(CC3CCCCC3)NC(O)c3ccoc3)[C@H]12. The molecule has 1 saturated heterocycles. The summed E-state index contributed by atoms with van der Waals surface area (Å²) in [7, 11) is 0. The molecule has 2 N–H and O–H groups in total. The van der Waals surface area contributed by atoms with Gasteiger partial charge in [0.2, 0.25) is 0 Å². The standard InChI is InChI=1S/C22H31NO5S/c24-17-13-28-18-8-4-7-16(19(17)18)20(25)22(29,11-14-5-2-1-3-6-14)23-21(26)15-9-10-27-12-15/h9-10,12,14,16,18-19,21,23,26,29H,1-8,11,13H2/t16?,18-,19-,21?,22+/m1/s1. The Morgan fingerprint density at radius 3 is 2.76 bits per heavy atom. The summed E-state index contributed by atoms with van der Waals surface area (Å²) < 4.78 is 10.7. The van der Waals surface area contributed by atoms with Gasteiger partial charge in [0.1, 0.15) is 17.7 Å². The number of furan rings is 1. The molecule has 0 radical (unpaired) electrons. The molecular formula is C22H31NO5S. The Balaban J connectivity index is 1.57. The third-order valence-electron chi connectivity index (χ3n) is 6.94. The Hall–Kier alpha value is -1.15. The fourth-order valence-electron chi connectivity index (χ4n) is 5.44. The molecule has 2 heterocycles. The summed E-state index contributed by atoms with van der Waals surface area (Å²) in [6, 6.07) is 1.67.